The molecule has 0 N–H and O–H groups in total. The van der Waals surface area contributed by atoms with Crippen LogP contribution >= 0.6 is 0 Å². The first kappa shape index (κ1) is 27.9. The average molecular weight is 543 g/mol. The van der Waals surface area contributed by atoms with Crippen LogP contribution in [0.5, 0.6) is 5.75 Å². The van der Waals surface area contributed by atoms with Crippen molar-refractivity contribution in [2.24, 2.45) is 5.92 Å². The standard InChI is InChI=1S/C29H26F8O/c1-3-4-16-5-7-17(8-6-16)18-9-10-20(21(30)11-18)19-12-22(31)26(23(32)13-19)29(36,37)38-25-14-24(33)28(35)27(34)15(25)2/h9-14,16-17H,3-8H2,1-2H3. The maximum Gasteiger partial charge on any atom is 0.432 e. The second-order valence-corrected chi connectivity index (χ2v) is 9.79. The van der Waals surface area contributed by atoms with Crippen LogP contribution in [0.25, 0.3) is 11.1 Å². The Morgan fingerprint density at radius 2 is 1.42 bits per heavy atom. The highest BCUT2D eigenvalue weighted by molar-refractivity contribution is 5.65. The van der Waals surface area contributed by atoms with E-state index in [1.807, 2.05) is 0 Å². The van der Waals surface area contributed by atoms with Gasteiger partial charge in [-0.25, -0.2) is 26.3 Å². The molecule has 38 heavy (non-hydrogen) atoms. The van der Waals surface area contributed by atoms with Gasteiger partial charge in [0, 0.05) is 17.2 Å². The third-order valence-corrected chi connectivity index (χ3v) is 7.25. The smallest absolute Gasteiger partial charge is 0.428 e. The minimum Gasteiger partial charge on any atom is -0.428 e. The summed E-state index contributed by atoms with van der Waals surface area (Å²) in [4.78, 5) is 0. The third kappa shape index (κ3) is 5.52. The van der Waals surface area contributed by atoms with Crippen molar-refractivity contribution >= 4 is 0 Å². The van der Waals surface area contributed by atoms with Crippen LogP contribution in [0.15, 0.2) is 36.4 Å². The fourth-order valence-corrected chi connectivity index (χ4v) is 5.18. The topological polar surface area (TPSA) is 9.23 Å². The zero-order valence-corrected chi connectivity index (χ0v) is 20.8. The van der Waals surface area contributed by atoms with E-state index < -0.39 is 57.9 Å². The lowest BCUT2D eigenvalue weighted by Gasteiger charge is -2.28. The van der Waals surface area contributed by atoms with Crippen LogP contribution in [0.2, 0.25) is 0 Å². The molecule has 0 bridgehead atoms. The van der Waals surface area contributed by atoms with E-state index >= 15 is 4.39 Å². The molecule has 0 heterocycles. The molecule has 0 spiro atoms. The molecule has 3 aromatic carbocycles. The molecule has 0 amide bonds. The summed E-state index contributed by atoms with van der Waals surface area (Å²) in [6, 6.07) is 5.55. The van der Waals surface area contributed by atoms with Gasteiger partial charge in [0.2, 0.25) is 0 Å². The second-order valence-electron chi connectivity index (χ2n) is 9.79. The molecule has 1 aliphatic carbocycles. The van der Waals surface area contributed by atoms with Crippen molar-refractivity contribution in [1.29, 1.82) is 0 Å². The van der Waals surface area contributed by atoms with Crippen LogP contribution < -0.4 is 4.74 Å². The van der Waals surface area contributed by atoms with E-state index in [2.05, 4.69) is 11.7 Å². The summed E-state index contributed by atoms with van der Waals surface area (Å²) in [6.45, 7) is 2.98. The Hall–Kier alpha value is -3.10. The quantitative estimate of drug-likeness (QED) is 0.213. The van der Waals surface area contributed by atoms with Gasteiger partial charge in [0.25, 0.3) is 0 Å². The van der Waals surface area contributed by atoms with Gasteiger partial charge in [-0.05, 0) is 73.8 Å². The molecule has 0 aliphatic heterocycles. The van der Waals surface area contributed by atoms with Gasteiger partial charge in [-0.3, -0.25) is 0 Å². The van der Waals surface area contributed by atoms with Crippen LogP contribution in [0, 0.1) is 47.7 Å². The minimum absolute atomic E-state index is 0.152. The van der Waals surface area contributed by atoms with Crippen molar-refractivity contribution in [2.75, 3.05) is 0 Å². The molecule has 204 valence electrons. The summed E-state index contributed by atoms with van der Waals surface area (Å²) < 4.78 is 119. The lowest BCUT2D eigenvalue weighted by Crippen LogP contribution is -2.26. The number of rotatable bonds is 7. The van der Waals surface area contributed by atoms with Gasteiger partial charge in [0.15, 0.2) is 17.5 Å². The Kier molecular flexibility index (Phi) is 8.04. The first-order valence-corrected chi connectivity index (χ1v) is 12.4. The zero-order valence-electron chi connectivity index (χ0n) is 20.8. The van der Waals surface area contributed by atoms with E-state index in [4.69, 9.17) is 0 Å². The summed E-state index contributed by atoms with van der Waals surface area (Å²) in [5, 5.41) is 0. The van der Waals surface area contributed by atoms with Gasteiger partial charge in [0.1, 0.15) is 28.8 Å². The molecule has 9 heteroatoms. The molecule has 0 aromatic heterocycles. The predicted molar refractivity (Wildman–Crippen MR) is 127 cm³/mol. The normalized spacial score (nSPS) is 18.1. The largest absolute Gasteiger partial charge is 0.432 e. The fraction of sp³-hybridized carbons (Fsp3) is 0.379. The van der Waals surface area contributed by atoms with E-state index in [1.165, 1.54) is 12.1 Å². The van der Waals surface area contributed by atoms with Gasteiger partial charge >= 0.3 is 6.11 Å². The molecule has 0 atom stereocenters. The molecular formula is C29H26F8O. The molecular weight excluding hydrogens is 516 g/mol. The highest BCUT2D eigenvalue weighted by Gasteiger charge is 2.42. The Labute approximate surface area is 215 Å². The molecule has 0 saturated heterocycles. The van der Waals surface area contributed by atoms with Crippen molar-refractivity contribution in [3.63, 3.8) is 0 Å². The third-order valence-electron chi connectivity index (χ3n) is 7.25. The Bertz CT molecular complexity index is 1310. The SMILES string of the molecule is CCCC1CCC(c2ccc(-c3cc(F)c(C(F)(F)Oc4cc(F)c(F)c(F)c4C)c(F)c3)c(F)c2)CC1. The van der Waals surface area contributed by atoms with E-state index in [1.54, 1.807) is 6.07 Å². The fourth-order valence-electron chi connectivity index (χ4n) is 5.18. The number of alkyl halides is 2. The molecule has 4 rings (SSSR count). The molecule has 0 radical (unpaired) electrons. The summed E-state index contributed by atoms with van der Waals surface area (Å²) >= 11 is 0. The van der Waals surface area contributed by atoms with E-state index in [9.17, 15) is 30.7 Å². The first-order chi connectivity index (χ1) is 17.9. The summed E-state index contributed by atoms with van der Waals surface area (Å²) in [5.74, 6) is -10.1. The van der Waals surface area contributed by atoms with Crippen LogP contribution in [0.1, 0.15) is 68.1 Å². The number of hydrogen-bond acceptors (Lipinski definition) is 1. The first-order valence-electron chi connectivity index (χ1n) is 12.4. The van der Waals surface area contributed by atoms with Gasteiger partial charge < -0.3 is 4.74 Å². The summed E-state index contributed by atoms with van der Waals surface area (Å²) in [7, 11) is 0. The van der Waals surface area contributed by atoms with Gasteiger partial charge in [-0.15, -0.1) is 0 Å². The van der Waals surface area contributed by atoms with Gasteiger partial charge in [0.05, 0.1) is 0 Å². The number of ether oxygens (including phenoxy) is 1. The van der Waals surface area contributed by atoms with E-state index in [0.717, 1.165) is 51.0 Å². The van der Waals surface area contributed by atoms with Crippen LogP contribution in [0.4, 0.5) is 35.1 Å². The van der Waals surface area contributed by atoms with Crippen LogP contribution in [0.3, 0.4) is 0 Å². The van der Waals surface area contributed by atoms with Gasteiger partial charge in [-0.1, -0.05) is 31.9 Å². The van der Waals surface area contributed by atoms with Gasteiger partial charge in [-0.2, -0.15) is 8.78 Å². The van der Waals surface area contributed by atoms with Crippen molar-refractivity contribution in [2.45, 2.75) is 64.4 Å². The lowest BCUT2D eigenvalue weighted by molar-refractivity contribution is -0.190. The van der Waals surface area contributed by atoms with Crippen molar-refractivity contribution in [1.82, 2.24) is 0 Å². The lowest BCUT2D eigenvalue weighted by atomic mass is 9.77. The van der Waals surface area contributed by atoms with Crippen LogP contribution in [-0.2, 0) is 6.11 Å². The number of halogens is 8. The zero-order chi connectivity index (χ0) is 27.8. The maximum atomic E-state index is 15.0. The summed E-state index contributed by atoms with van der Waals surface area (Å²) in [6.07, 6.45) is 1.47. The molecule has 3 aromatic rings. The summed E-state index contributed by atoms with van der Waals surface area (Å²) in [5.41, 5.74) is -2.38. The highest BCUT2D eigenvalue weighted by Crippen LogP contribution is 2.41. The molecule has 1 saturated carbocycles. The molecule has 0 unspecified atom stereocenters. The Morgan fingerprint density at radius 3 is 2.00 bits per heavy atom. The van der Waals surface area contributed by atoms with Crippen molar-refractivity contribution in [3.05, 3.63) is 88.0 Å². The highest BCUT2D eigenvalue weighted by atomic mass is 19.3. The van der Waals surface area contributed by atoms with Crippen molar-refractivity contribution < 1.29 is 39.9 Å². The average Bonchev–Trinajstić information content (AvgIpc) is 2.86. The van der Waals surface area contributed by atoms with Crippen molar-refractivity contribution in [3.8, 4) is 16.9 Å². The molecule has 1 nitrogen and oxygen atoms in total. The number of benzene rings is 3. The Balaban J connectivity index is 1.59. The monoisotopic (exact) mass is 542 g/mol. The molecule has 1 aliphatic rings. The van der Waals surface area contributed by atoms with Crippen LogP contribution in [-0.4, -0.2) is 0 Å². The van der Waals surface area contributed by atoms with E-state index in [0.29, 0.717) is 18.1 Å². The number of hydrogen-bond donors (Lipinski definition) is 0. The Morgan fingerprint density at radius 1 is 0.789 bits per heavy atom. The second kappa shape index (κ2) is 10.9. The predicted octanol–water partition coefficient (Wildman–Crippen LogP) is 9.70. The maximum absolute atomic E-state index is 15.0. The minimum atomic E-state index is -4.73. The van der Waals surface area contributed by atoms with E-state index in [-0.39, 0.29) is 23.1 Å². The molecule has 1 fully saturated rings.